The van der Waals surface area contributed by atoms with Crippen molar-refractivity contribution in [2.24, 2.45) is 0 Å². The van der Waals surface area contributed by atoms with E-state index in [9.17, 15) is 9.59 Å². The van der Waals surface area contributed by atoms with E-state index in [2.05, 4.69) is 42.4 Å². The second kappa shape index (κ2) is 6.63. The quantitative estimate of drug-likeness (QED) is 0.832. The van der Waals surface area contributed by atoms with Crippen LogP contribution >= 0.6 is 0 Å². The number of carbonyl (C=O) groups is 2. The van der Waals surface area contributed by atoms with E-state index in [0.717, 1.165) is 41.4 Å². The molecule has 2 aromatic rings. The Balaban J connectivity index is 1.67. The first-order valence-electron chi connectivity index (χ1n) is 9.37. The van der Waals surface area contributed by atoms with Crippen LogP contribution in [0.1, 0.15) is 37.9 Å². The van der Waals surface area contributed by atoms with E-state index in [-0.39, 0.29) is 17.9 Å². The van der Waals surface area contributed by atoms with Crippen LogP contribution in [-0.2, 0) is 22.4 Å². The second-order valence-corrected chi connectivity index (χ2v) is 7.57. The molecule has 26 heavy (non-hydrogen) atoms. The summed E-state index contributed by atoms with van der Waals surface area (Å²) < 4.78 is 0. The van der Waals surface area contributed by atoms with Crippen molar-refractivity contribution in [3.05, 3.63) is 47.2 Å². The van der Waals surface area contributed by atoms with Gasteiger partial charge in [0, 0.05) is 36.0 Å². The summed E-state index contributed by atoms with van der Waals surface area (Å²) in [5.74, 6) is 0.0586. The van der Waals surface area contributed by atoms with Crippen LogP contribution in [0.15, 0.2) is 35.9 Å². The maximum Gasteiger partial charge on any atom is 0.246 e. The molecule has 0 unspecified atom stereocenters. The maximum absolute atomic E-state index is 12.9. The van der Waals surface area contributed by atoms with Gasteiger partial charge in [-0.15, -0.1) is 0 Å². The van der Waals surface area contributed by atoms with Crippen LogP contribution in [-0.4, -0.2) is 40.3 Å². The number of fused-ring (bicyclic) bond motifs is 2. The van der Waals surface area contributed by atoms with Gasteiger partial charge >= 0.3 is 0 Å². The van der Waals surface area contributed by atoms with Crippen LogP contribution in [0.3, 0.4) is 0 Å². The summed E-state index contributed by atoms with van der Waals surface area (Å²) >= 11 is 0. The maximum atomic E-state index is 12.9. The molecule has 0 spiro atoms. The standard InChI is InChI=1S/C21H25N3O2/c1-13(2)9-10-17-15(14-6-3-4-7-16(14)22-17)12-18-21(26)24-11-5-8-19(24)20(25)23-18/h3-4,6-7,9,18-19,22H,5,8,10-12H2,1-2H3,(H,23,25)/t18-,19-/m1/s1. The minimum absolute atomic E-state index is 0.00205. The Hall–Kier alpha value is -2.56. The van der Waals surface area contributed by atoms with Crippen LogP contribution < -0.4 is 5.32 Å². The Morgan fingerprint density at radius 2 is 2.08 bits per heavy atom. The number of nitrogens with zero attached hydrogens (tertiary/aromatic N) is 1. The van der Waals surface area contributed by atoms with Crippen molar-refractivity contribution >= 4 is 22.7 Å². The van der Waals surface area contributed by atoms with Crippen LogP contribution in [0, 0.1) is 0 Å². The fourth-order valence-electron chi connectivity index (χ4n) is 4.14. The van der Waals surface area contributed by atoms with Crippen molar-refractivity contribution in [1.29, 1.82) is 0 Å². The topological polar surface area (TPSA) is 65.2 Å². The van der Waals surface area contributed by atoms with E-state index >= 15 is 0 Å². The molecule has 3 heterocycles. The van der Waals surface area contributed by atoms with Gasteiger partial charge in [-0.3, -0.25) is 9.59 Å². The zero-order valence-corrected chi connectivity index (χ0v) is 15.3. The van der Waals surface area contributed by atoms with E-state index in [4.69, 9.17) is 0 Å². The second-order valence-electron chi connectivity index (χ2n) is 7.57. The van der Waals surface area contributed by atoms with Crippen molar-refractivity contribution in [3.8, 4) is 0 Å². The van der Waals surface area contributed by atoms with E-state index in [0.29, 0.717) is 13.0 Å². The van der Waals surface area contributed by atoms with Crippen LogP contribution in [0.2, 0.25) is 0 Å². The van der Waals surface area contributed by atoms with E-state index in [1.54, 1.807) is 4.90 Å². The number of hydrogen-bond acceptors (Lipinski definition) is 2. The zero-order valence-electron chi connectivity index (χ0n) is 15.3. The molecule has 0 radical (unpaired) electrons. The first kappa shape index (κ1) is 16.9. The molecule has 2 aliphatic heterocycles. The lowest BCUT2D eigenvalue weighted by Gasteiger charge is -2.34. The van der Waals surface area contributed by atoms with E-state index < -0.39 is 6.04 Å². The first-order chi connectivity index (χ1) is 12.5. The summed E-state index contributed by atoms with van der Waals surface area (Å²) in [7, 11) is 0. The smallest absolute Gasteiger partial charge is 0.246 e. The van der Waals surface area contributed by atoms with Gasteiger partial charge in [0.05, 0.1) is 0 Å². The van der Waals surface area contributed by atoms with Gasteiger partial charge in [-0.2, -0.15) is 0 Å². The largest absolute Gasteiger partial charge is 0.358 e. The molecular weight excluding hydrogens is 326 g/mol. The molecule has 5 nitrogen and oxygen atoms in total. The summed E-state index contributed by atoms with van der Waals surface area (Å²) in [6, 6.07) is 7.44. The van der Waals surface area contributed by atoms with Crippen molar-refractivity contribution in [1.82, 2.24) is 15.2 Å². The Morgan fingerprint density at radius 1 is 1.27 bits per heavy atom. The summed E-state index contributed by atoms with van der Waals surface area (Å²) in [6.07, 6.45) is 5.21. The molecule has 2 amide bonds. The molecule has 2 fully saturated rings. The number of carbonyl (C=O) groups excluding carboxylic acids is 2. The highest BCUT2D eigenvalue weighted by molar-refractivity contribution is 5.98. The predicted molar refractivity (Wildman–Crippen MR) is 102 cm³/mol. The highest BCUT2D eigenvalue weighted by Crippen LogP contribution is 2.28. The molecule has 0 bridgehead atoms. The summed E-state index contributed by atoms with van der Waals surface area (Å²) in [5.41, 5.74) is 4.59. The number of aromatic nitrogens is 1. The van der Waals surface area contributed by atoms with Crippen LogP contribution in [0.5, 0.6) is 0 Å². The lowest BCUT2D eigenvalue weighted by atomic mass is 9.97. The normalized spacial score (nSPS) is 22.5. The first-order valence-corrected chi connectivity index (χ1v) is 9.37. The zero-order chi connectivity index (χ0) is 18.3. The summed E-state index contributed by atoms with van der Waals surface area (Å²) in [4.78, 5) is 30.6. The summed E-state index contributed by atoms with van der Waals surface area (Å²) in [6.45, 7) is 4.87. The number of amides is 2. The van der Waals surface area contributed by atoms with Gasteiger partial charge in [0.1, 0.15) is 12.1 Å². The number of benzene rings is 1. The SMILES string of the molecule is CC(C)=CCc1[nH]c2ccccc2c1C[C@H]1NC(=O)[C@H]2CCCN2C1=O. The van der Waals surface area contributed by atoms with E-state index in [1.165, 1.54) is 5.57 Å². The Bertz CT molecular complexity index is 892. The average Bonchev–Trinajstić information content (AvgIpc) is 3.23. The molecule has 0 aliphatic carbocycles. The van der Waals surface area contributed by atoms with Crippen molar-refractivity contribution < 1.29 is 9.59 Å². The lowest BCUT2D eigenvalue weighted by molar-refractivity contribution is -0.146. The molecule has 2 saturated heterocycles. The van der Waals surface area contributed by atoms with Crippen molar-refractivity contribution in [3.63, 3.8) is 0 Å². The number of piperazine rings is 1. The Morgan fingerprint density at radius 3 is 2.88 bits per heavy atom. The minimum atomic E-state index is -0.471. The molecule has 1 aromatic carbocycles. The molecule has 1 aromatic heterocycles. The monoisotopic (exact) mass is 351 g/mol. The van der Waals surface area contributed by atoms with Gasteiger partial charge in [0.2, 0.25) is 11.8 Å². The van der Waals surface area contributed by atoms with E-state index in [1.807, 2.05) is 12.1 Å². The van der Waals surface area contributed by atoms with Gasteiger partial charge in [0.15, 0.2) is 0 Å². The number of allylic oxidation sites excluding steroid dienone is 2. The van der Waals surface area contributed by atoms with Crippen LogP contribution in [0.4, 0.5) is 0 Å². The third kappa shape index (κ3) is 2.91. The number of nitrogens with one attached hydrogen (secondary N) is 2. The van der Waals surface area contributed by atoms with Gasteiger partial charge in [-0.1, -0.05) is 29.8 Å². The highest BCUT2D eigenvalue weighted by Gasteiger charge is 2.43. The van der Waals surface area contributed by atoms with Gasteiger partial charge in [-0.25, -0.2) is 0 Å². The number of H-pyrrole nitrogens is 1. The molecule has 2 atom stereocenters. The highest BCUT2D eigenvalue weighted by atomic mass is 16.2. The Kier molecular flexibility index (Phi) is 4.31. The fraction of sp³-hybridized carbons (Fsp3) is 0.429. The molecule has 0 saturated carbocycles. The molecule has 2 aliphatic rings. The fourth-order valence-corrected chi connectivity index (χ4v) is 4.14. The molecule has 5 heteroatoms. The van der Waals surface area contributed by atoms with Crippen molar-refractivity contribution in [2.45, 2.75) is 51.6 Å². The number of rotatable bonds is 4. The van der Waals surface area contributed by atoms with Gasteiger partial charge in [-0.05, 0) is 38.3 Å². The molecule has 136 valence electrons. The van der Waals surface area contributed by atoms with Gasteiger partial charge < -0.3 is 15.2 Å². The predicted octanol–water partition coefficient (Wildman–Crippen LogP) is 2.71. The number of hydrogen-bond donors (Lipinski definition) is 2. The minimum Gasteiger partial charge on any atom is -0.358 e. The van der Waals surface area contributed by atoms with Crippen LogP contribution in [0.25, 0.3) is 10.9 Å². The molecular formula is C21H25N3O2. The summed E-state index contributed by atoms with van der Waals surface area (Å²) in [5, 5.41) is 4.11. The number of para-hydroxylation sites is 1. The third-order valence-electron chi connectivity index (χ3n) is 5.48. The molecule has 2 N–H and O–H groups in total. The molecule has 4 rings (SSSR count). The lowest BCUT2D eigenvalue weighted by Crippen LogP contribution is -2.61. The number of aromatic amines is 1. The average molecular weight is 351 g/mol. The Labute approximate surface area is 153 Å². The van der Waals surface area contributed by atoms with Gasteiger partial charge in [0.25, 0.3) is 0 Å². The third-order valence-corrected chi connectivity index (χ3v) is 5.48. The van der Waals surface area contributed by atoms with Crippen molar-refractivity contribution in [2.75, 3.05) is 6.54 Å².